The molecule has 12 nitrogen and oxygen atoms in total. The number of aromatic nitrogens is 6. The fraction of sp³-hybridized carbons (Fsp3) is 0.182. The molecule has 0 saturated heterocycles. The van der Waals surface area contributed by atoms with Crippen LogP contribution in [0.1, 0.15) is 113 Å². The molecule has 0 aliphatic rings. The predicted molar refractivity (Wildman–Crippen MR) is 209 cm³/mol. The van der Waals surface area contributed by atoms with Gasteiger partial charge >= 0.3 is 0 Å². The Labute approximate surface area is 324 Å². The number of ketones is 6. The number of carbonyl (C=O) groups is 6. The summed E-state index contributed by atoms with van der Waals surface area (Å²) < 4.78 is 0. The van der Waals surface area contributed by atoms with E-state index in [0.717, 1.165) is 11.1 Å². The molecule has 3 heterocycles. The first-order chi connectivity index (χ1) is 27.1. The van der Waals surface area contributed by atoms with Gasteiger partial charge in [0.1, 0.15) is 0 Å². The number of rotatable bonds is 15. The van der Waals surface area contributed by atoms with E-state index in [-0.39, 0.29) is 90.7 Å². The van der Waals surface area contributed by atoms with E-state index in [1.165, 1.54) is 37.2 Å². The fourth-order valence-corrected chi connectivity index (χ4v) is 5.16. The first-order valence-corrected chi connectivity index (χ1v) is 17.8. The molecule has 0 saturated carbocycles. The summed E-state index contributed by atoms with van der Waals surface area (Å²) in [5, 5.41) is 0. The van der Waals surface area contributed by atoms with Crippen LogP contribution in [0, 0.1) is 13.8 Å². The summed E-state index contributed by atoms with van der Waals surface area (Å²) in [4.78, 5) is 94.3. The second-order valence-corrected chi connectivity index (χ2v) is 12.3. The Kier molecular flexibility index (Phi) is 16.5. The molecule has 0 atom stereocenters. The van der Waals surface area contributed by atoms with Crippen LogP contribution in [0.3, 0.4) is 0 Å². The van der Waals surface area contributed by atoms with Crippen molar-refractivity contribution in [1.82, 2.24) is 29.9 Å². The predicted octanol–water partition coefficient (Wildman–Crippen LogP) is 7.58. The summed E-state index contributed by atoms with van der Waals surface area (Å²) in [6, 6.07) is 28.6. The third-order valence-corrected chi connectivity index (χ3v) is 8.17. The number of aryl methyl sites for hydroxylation is 2. The smallest absolute Gasteiger partial charge is 0.200 e. The molecule has 0 aliphatic heterocycles. The van der Waals surface area contributed by atoms with Crippen molar-refractivity contribution in [3.63, 3.8) is 0 Å². The van der Waals surface area contributed by atoms with E-state index >= 15 is 0 Å². The monoisotopic (exact) mass is 748 g/mol. The van der Waals surface area contributed by atoms with Gasteiger partial charge in [0.15, 0.2) is 52.2 Å². The molecule has 0 radical (unpaired) electrons. The Morgan fingerprint density at radius 2 is 0.625 bits per heavy atom. The summed E-state index contributed by atoms with van der Waals surface area (Å²) >= 11 is 0. The van der Waals surface area contributed by atoms with E-state index in [1.807, 2.05) is 56.3 Å². The van der Waals surface area contributed by atoms with Gasteiger partial charge in [0.25, 0.3) is 0 Å². The minimum atomic E-state index is -0.208. The van der Waals surface area contributed by atoms with Crippen LogP contribution < -0.4 is 0 Å². The van der Waals surface area contributed by atoms with Gasteiger partial charge in [-0.05, 0) is 43.2 Å². The zero-order chi connectivity index (χ0) is 40.1. The Morgan fingerprint density at radius 3 is 0.964 bits per heavy atom. The maximum absolute atomic E-state index is 12.0. The number of Topliss-reactive ketones (excluding diaryl/α,β-unsaturated/α-hetero) is 6. The lowest BCUT2D eigenvalue weighted by atomic mass is 10.0. The second kappa shape index (κ2) is 22.2. The largest absolute Gasteiger partial charge is 0.294 e. The number of hydrogen-bond acceptors (Lipinski definition) is 12. The molecule has 3 aromatic heterocycles. The average Bonchev–Trinajstić information content (AvgIpc) is 3.25. The van der Waals surface area contributed by atoms with E-state index in [2.05, 4.69) is 29.9 Å². The quantitative estimate of drug-likeness (QED) is 0.0941. The highest BCUT2D eigenvalue weighted by atomic mass is 16.2. The SMILES string of the molecule is Cc1ccccc1C(=O)CCC(=O)c1ncccn1.Cc1ccccc1C(=O)CCC(=O)c1ncccn1.O=C(CCC(=O)c1ncccn1)c1ccccc1. The van der Waals surface area contributed by atoms with Crippen LogP contribution in [-0.4, -0.2) is 64.6 Å². The molecule has 0 aliphatic carbocycles. The highest BCUT2D eigenvalue weighted by molar-refractivity contribution is 6.02. The summed E-state index contributed by atoms with van der Waals surface area (Å²) in [5.74, 6) is -0.215. The van der Waals surface area contributed by atoms with Crippen molar-refractivity contribution >= 4 is 34.7 Å². The van der Waals surface area contributed by atoms with Crippen LogP contribution >= 0.6 is 0 Å². The Bertz CT molecular complexity index is 2070. The van der Waals surface area contributed by atoms with Gasteiger partial charge in [-0.25, -0.2) is 29.9 Å². The van der Waals surface area contributed by atoms with E-state index in [1.54, 1.807) is 54.6 Å². The molecule has 0 fully saturated rings. The van der Waals surface area contributed by atoms with Crippen molar-refractivity contribution in [2.45, 2.75) is 52.4 Å². The lowest BCUT2D eigenvalue weighted by Crippen LogP contribution is -2.09. The minimum Gasteiger partial charge on any atom is -0.294 e. The molecule has 0 bridgehead atoms. The van der Waals surface area contributed by atoms with Crippen LogP contribution in [0.5, 0.6) is 0 Å². The maximum atomic E-state index is 12.0. The fourth-order valence-electron chi connectivity index (χ4n) is 5.16. The molecule has 12 heteroatoms. The molecule has 0 spiro atoms. The number of carbonyl (C=O) groups excluding carboxylic acids is 6. The van der Waals surface area contributed by atoms with Gasteiger partial charge in [0.05, 0.1) is 0 Å². The molecule has 0 N–H and O–H groups in total. The van der Waals surface area contributed by atoms with Crippen molar-refractivity contribution in [2.75, 3.05) is 0 Å². The minimum absolute atomic E-state index is 0.0256. The number of benzene rings is 3. The molecule has 6 rings (SSSR count). The summed E-state index contributed by atoms with van der Waals surface area (Å²) in [6.07, 6.45) is 10.1. The third-order valence-electron chi connectivity index (χ3n) is 8.17. The molecular formula is C44H40N6O6. The second-order valence-electron chi connectivity index (χ2n) is 12.3. The van der Waals surface area contributed by atoms with Crippen molar-refractivity contribution in [3.05, 3.63) is 180 Å². The standard InChI is InChI=1S/2C15H14N2O2.C14H12N2O2/c2*1-11-5-2-3-6-12(11)13(18)7-8-14(19)15-16-9-4-10-17-15;17-12(11-5-2-1-3-6-11)7-8-13(18)14-15-9-4-10-16-14/h2*2-6,9-10H,7-8H2,1H3;1-6,9-10H,7-8H2. The topological polar surface area (TPSA) is 180 Å². The van der Waals surface area contributed by atoms with Gasteiger partial charge in [-0.2, -0.15) is 0 Å². The van der Waals surface area contributed by atoms with Crippen LogP contribution in [0.25, 0.3) is 0 Å². The van der Waals surface area contributed by atoms with E-state index < -0.39 is 0 Å². The highest BCUT2D eigenvalue weighted by Crippen LogP contribution is 2.13. The van der Waals surface area contributed by atoms with Gasteiger partial charge < -0.3 is 0 Å². The van der Waals surface area contributed by atoms with Crippen molar-refractivity contribution in [1.29, 1.82) is 0 Å². The summed E-state index contributed by atoms with van der Waals surface area (Å²) in [7, 11) is 0. The Balaban J connectivity index is 0.000000187. The van der Waals surface area contributed by atoms with Crippen LogP contribution in [0.15, 0.2) is 134 Å². The highest BCUT2D eigenvalue weighted by Gasteiger charge is 2.16. The molecule has 6 aromatic rings. The molecule has 56 heavy (non-hydrogen) atoms. The lowest BCUT2D eigenvalue weighted by Gasteiger charge is -2.03. The van der Waals surface area contributed by atoms with Crippen molar-refractivity contribution in [2.24, 2.45) is 0 Å². The maximum Gasteiger partial charge on any atom is 0.200 e. The van der Waals surface area contributed by atoms with Gasteiger partial charge in [-0.15, -0.1) is 0 Å². The summed E-state index contributed by atoms with van der Waals surface area (Å²) in [6.45, 7) is 3.77. The van der Waals surface area contributed by atoms with Gasteiger partial charge in [-0.1, -0.05) is 78.9 Å². The van der Waals surface area contributed by atoms with Gasteiger partial charge in [0.2, 0.25) is 0 Å². The van der Waals surface area contributed by atoms with Crippen molar-refractivity contribution in [3.8, 4) is 0 Å². The van der Waals surface area contributed by atoms with Gasteiger partial charge in [0, 0.05) is 92.4 Å². The third kappa shape index (κ3) is 13.4. The summed E-state index contributed by atoms with van der Waals surface area (Å²) in [5.41, 5.74) is 3.82. The van der Waals surface area contributed by atoms with Gasteiger partial charge in [-0.3, -0.25) is 28.8 Å². The van der Waals surface area contributed by atoms with Crippen molar-refractivity contribution < 1.29 is 28.8 Å². The number of nitrogens with zero attached hydrogens (tertiary/aromatic N) is 6. The Morgan fingerprint density at radius 1 is 0.339 bits per heavy atom. The molecule has 282 valence electrons. The first kappa shape index (κ1) is 41.7. The zero-order valence-electron chi connectivity index (χ0n) is 31.1. The first-order valence-electron chi connectivity index (χ1n) is 17.8. The van der Waals surface area contributed by atoms with Crippen LogP contribution in [0.2, 0.25) is 0 Å². The normalized spacial score (nSPS) is 10.1. The van der Waals surface area contributed by atoms with Crippen LogP contribution in [-0.2, 0) is 0 Å². The van der Waals surface area contributed by atoms with E-state index in [4.69, 9.17) is 0 Å². The zero-order valence-corrected chi connectivity index (χ0v) is 31.1. The molecule has 0 amide bonds. The lowest BCUT2D eigenvalue weighted by molar-refractivity contribution is 0.0911. The van der Waals surface area contributed by atoms with E-state index in [9.17, 15) is 28.8 Å². The van der Waals surface area contributed by atoms with E-state index in [0.29, 0.717) is 16.7 Å². The molecular weight excluding hydrogens is 709 g/mol. The number of hydrogen-bond donors (Lipinski definition) is 0. The average molecular weight is 749 g/mol. The van der Waals surface area contributed by atoms with Crippen LogP contribution in [0.4, 0.5) is 0 Å². The Hall–Kier alpha value is -7.08. The molecule has 3 aromatic carbocycles. The molecule has 0 unspecified atom stereocenters.